The Morgan fingerprint density at radius 3 is 2.28 bits per heavy atom. The predicted molar refractivity (Wildman–Crippen MR) is 117 cm³/mol. The fourth-order valence-electron chi connectivity index (χ4n) is 3.23. The van der Waals surface area contributed by atoms with Crippen LogP contribution in [0.1, 0.15) is 25.8 Å². The van der Waals surface area contributed by atoms with Gasteiger partial charge in [0.1, 0.15) is 5.72 Å². The second kappa shape index (κ2) is 10.5. The average Bonchev–Trinajstić information content (AvgIpc) is 2.72. The molecule has 174 valence electrons. The van der Waals surface area contributed by atoms with Crippen LogP contribution in [0.5, 0.6) is 0 Å². The Balaban J connectivity index is 2.52. The largest absolute Gasteiger partial charge is 0.450 e. The topological polar surface area (TPSA) is 153 Å². The van der Waals surface area contributed by atoms with Crippen molar-refractivity contribution in [2.75, 3.05) is 13.2 Å². The fourth-order valence-corrected chi connectivity index (χ4v) is 5.06. The Bertz CT molecular complexity index is 1030. The summed E-state index contributed by atoms with van der Waals surface area (Å²) in [5.41, 5.74) is 3.47. The van der Waals surface area contributed by atoms with Crippen molar-refractivity contribution in [3.05, 3.63) is 70.3 Å². The lowest BCUT2D eigenvalue weighted by Crippen LogP contribution is -2.55. The minimum Gasteiger partial charge on any atom is -0.450 e. The summed E-state index contributed by atoms with van der Waals surface area (Å²) in [5.74, 6) is -0.165. The Hall–Kier alpha value is -3.02. The van der Waals surface area contributed by atoms with Crippen molar-refractivity contribution in [1.82, 2.24) is 4.31 Å². The van der Waals surface area contributed by atoms with Gasteiger partial charge >= 0.3 is 6.09 Å². The van der Waals surface area contributed by atoms with E-state index in [4.69, 9.17) is 10.5 Å². The molecule has 0 fully saturated rings. The predicted octanol–water partition coefficient (Wildman–Crippen LogP) is 2.66. The van der Waals surface area contributed by atoms with Gasteiger partial charge in [-0.2, -0.15) is 4.31 Å². The maximum Gasteiger partial charge on any atom is 0.404 e. The van der Waals surface area contributed by atoms with Crippen molar-refractivity contribution in [2.45, 2.75) is 37.3 Å². The molecule has 0 radical (unpaired) electrons. The zero-order valence-electron chi connectivity index (χ0n) is 17.9. The van der Waals surface area contributed by atoms with Crippen LogP contribution in [0.4, 0.5) is 10.5 Å². The van der Waals surface area contributed by atoms with Gasteiger partial charge in [-0.3, -0.25) is 10.1 Å². The number of hydrogen-bond donors (Lipinski definition) is 2. The van der Waals surface area contributed by atoms with E-state index in [0.717, 1.165) is 28.6 Å². The second-order valence-electron chi connectivity index (χ2n) is 7.74. The summed E-state index contributed by atoms with van der Waals surface area (Å²) in [6.07, 6.45) is -1.35. The van der Waals surface area contributed by atoms with E-state index in [2.05, 4.69) is 0 Å². The Kier molecular flexibility index (Phi) is 8.31. The molecule has 0 saturated carbocycles. The number of primary amides is 1. The first-order chi connectivity index (χ1) is 15.0. The highest BCUT2D eigenvalue weighted by atomic mass is 32.2. The summed E-state index contributed by atoms with van der Waals surface area (Å²) in [5, 5.41) is 22.6. The van der Waals surface area contributed by atoms with Crippen LogP contribution in [0.25, 0.3) is 0 Å². The van der Waals surface area contributed by atoms with Crippen LogP contribution in [-0.2, 0) is 21.2 Å². The number of nitrogens with zero attached hydrogens (tertiary/aromatic N) is 2. The molecule has 11 heteroatoms. The summed E-state index contributed by atoms with van der Waals surface area (Å²) >= 11 is 0. The molecule has 0 saturated heterocycles. The molecular formula is C21H27N3O7S. The van der Waals surface area contributed by atoms with Gasteiger partial charge in [-0.15, -0.1) is 0 Å². The first-order valence-corrected chi connectivity index (χ1v) is 11.4. The molecule has 0 aliphatic carbocycles. The molecule has 0 aliphatic rings. The van der Waals surface area contributed by atoms with Gasteiger partial charge in [-0.1, -0.05) is 44.2 Å². The fraction of sp³-hybridized carbons (Fsp3) is 0.381. The number of ether oxygens (including phenoxy) is 1. The van der Waals surface area contributed by atoms with Crippen molar-refractivity contribution in [2.24, 2.45) is 11.7 Å². The Morgan fingerprint density at radius 2 is 1.78 bits per heavy atom. The van der Waals surface area contributed by atoms with Crippen molar-refractivity contribution in [3.8, 4) is 0 Å². The third-order valence-electron chi connectivity index (χ3n) is 4.71. The number of non-ortho nitro benzene ring substituents is 1. The number of amides is 1. The molecule has 0 aromatic heterocycles. The van der Waals surface area contributed by atoms with Gasteiger partial charge in [0.05, 0.1) is 16.4 Å². The molecule has 0 aliphatic heterocycles. The highest BCUT2D eigenvalue weighted by Crippen LogP contribution is 2.31. The molecule has 0 bridgehead atoms. The van der Waals surface area contributed by atoms with Gasteiger partial charge in [0, 0.05) is 31.5 Å². The van der Waals surface area contributed by atoms with Crippen LogP contribution >= 0.6 is 0 Å². The average molecular weight is 466 g/mol. The normalized spacial score (nSPS) is 13.7. The van der Waals surface area contributed by atoms with Crippen molar-refractivity contribution in [1.29, 1.82) is 0 Å². The van der Waals surface area contributed by atoms with E-state index in [1.807, 2.05) is 0 Å². The SMILES string of the molecule is CC(C)CN(C(O)(CCOC(N)=O)Cc1ccccc1)S(=O)(=O)c1ccc([N+](=O)[O-])cc1. The van der Waals surface area contributed by atoms with Crippen molar-refractivity contribution < 1.29 is 28.0 Å². The van der Waals surface area contributed by atoms with Gasteiger partial charge in [0.2, 0.25) is 10.0 Å². The molecule has 32 heavy (non-hydrogen) atoms. The van der Waals surface area contributed by atoms with Gasteiger partial charge in [0.15, 0.2) is 0 Å². The van der Waals surface area contributed by atoms with Crippen molar-refractivity contribution >= 4 is 21.8 Å². The van der Waals surface area contributed by atoms with Crippen LogP contribution in [0.2, 0.25) is 0 Å². The Morgan fingerprint density at radius 1 is 1.19 bits per heavy atom. The zero-order chi connectivity index (χ0) is 23.9. The first-order valence-electron chi connectivity index (χ1n) is 9.91. The lowest BCUT2D eigenvalue weighted by atomic mass is 9.99. The maximum absolute atomic E-state index is 13.5. The molecule has 0 heterocycles. The quantitative estimate of drug-likeness (QED) is 0.294. The number of nitrogens with two attached hydrogens (primary N) is 1. The second-order valence-corrected chi connectivity index (χ2v) is 9.61. The molecule has 1 unspecified atom stereocenters. The van der Waals surface area contributed by atoms with Gasteiger partial charge in [0.25, 0.3) is 5.69 Å². The lowest BCUT2D eigenvalue weighted by Gasteiger charge is -2.40. The van der Waals surface area contributed by atoms with E-state index < -0.39 is 26.8 Å². The van der Waals surface area contributed by atoms with E-state index in [-0.39, 0.29) is 42.5 Å². The molecule has 3 N–H and O–H groups in total. The van der Waals surface area contributed by atoms with E-state index in [9.17, 15) is 28.4 Å². The van der Waals surface area contributed by atoms with Crippen LogP contribution in [-0.4, -0.2) is 47.7 Å². The Labute approximate surface area is 186 Å². The summed E-state index contributed by atoms with van der Waals surface area (Å²) in [7, 11) is -4.28. The van der Waals surface area contributed by atoms with Crippen LogP contribution < -0.4 is 5.73 Å². The van der Waals surface area contributed by atoms with Crippen LogP contribution in [0, 0.1) is 16.0 Å². The molecule has 2 aromatic rings. The number of benzene rings is 2. The number of carbonyl (C=O) groups excluding carboxylic acids is 1. The number of carbonyl (C=O) groups is 1. The minimum absolute atomic E-state index is 0.0424. The van der Waals surface area contributed by atoms with Gasteiger partial charge in [-0.05, 0) is 23.6 Å². The lowest BCUT2D eigenvalue weighted by molar-refractivity contribution is -0.384. The van der Waals surface area contributed by atoms with Gasteiger partial charge in [-0.25, -0.2) is 13.2 Å². The van der Waals surface area contributed by atoms with Crippen LogP contribution in [0.15, 0.2) is 59.5 Å². The standard InChI is InChI=1S/C21H27N3O7S/c1-16(2)15-23(32(29,30)19-10-8-18(9-11-19)24(27)28)21(26,12-13-31-20(22)25)14-17-6-4-3-5-7-17/h3-11,16,26H,12-15H2,1-2H3,(H2,22,25). The van der Waals surface area contributed by atoms with E-state index >= 15 is 0 Å². The third-order valence-corrected chi connectivity index (χ3v) is 6.64. The van der Waals surface area contributed by atoms with E-state index in [0.29, 0.717) is 5.56 Å². The molecule has 1 atom stereocenters. The summed E-state index contributed by atoms with van der Waals surface area (Å²) in [4.78, 5) is 21.1. The highest BCUT2D eigenvalue weighted by molar-refractivity contribution is 7.89. The number of sulfonamides is 1. The van der Waals surface area contributed by atoms with Gasteiger partial charge < -0.3 is 15.6 Å². The zero-order valence-corrected chi connectivity index (χ0v) is 18.7. The number of rotatable bonds is 11. The molecule has 2 rings (SSSR count). The first kappa shape index (κ1) is 25.2. The number of nitro benzene ring substituents is 1. The molecule has 2 aromatic carbocycles. The monoisotopic (exact) mass is 465 g/mol. The number of aliphatic hydroxyl groups is 1. The molecule has 1 amide bonds. The van der Waals surface area contributed by atoms with Crippen molar-refractivity contribution in [3.63, 3.8) is 0 Å². The molecule has 0 spiro atoms. The third kappa shape index (κ3) is 6.49. The number of hydrogen-bond acceptors (Lipinski definition) is 7. The smallest absolute Gasteiger partial charge is 0.404 e. The molecular weight excluding hydrogens is 438 g/mol. The highest BCUT2D eigenvalue weighted by Gasteiger charge is 2.43. The summed E-state index contributed by atoms with van der Waals surface area (Å²) in [6, 6.07) is 13.2. The number of nitro groups is 1. The summed E-state index contributed by atoms with van der Waals surface area (Å²) < 4.78 is 32.8. The maximum atomic E-state index is 13.5. The van der Waals surface area contributed by atoms with E-state index in [1.165, 1.54) is 0 Å². The van der Waals surface area contributed by atoms with E-state index in [1.54, 1.807) is 44.2 Å². The summed E-state index contributed by atoms with van der Waals surface area (Å²) in [6.45, 7) is 3.24. The van der Waals surface area contributed by atoms with Crippen LogP contribution in [0.3, 0.4) is 0 Å². The minimum atomic E-state index is -4.28. The molecule has 10 nitrogen and oxygen atoms in total.